The molecule has 9 heteroatoms. The van der Waals surface area contributed by atoms with Gasteiger partial charge in [-0.3, -0.25) is 4.90 Å². The van der Waals surface area contributed by atoms with Crippen molar-refractivity contribution in [2.45, 2.75) is 17.9 Å². The van der Waals surface area contributed by atoms with Crippen molar-refractivity contribution >= 4 is 26.0 Å². The normalized spacial score (nSPS) is 20.4. The number of likely N-dealkylation sites (N-methyl/N-ethyl adjacent to an activating group) is 1. The minimum absolute atomic E-state index is 0.0160. The average molecular weight is 380 g/mol. The Labute approximate surface area is 132 Å². The highest BCUT2D eigenvalue weighted by molar-refractivity contribution is 9.10. The molecule has 0 aliphatic carbocycles. The Hall–Kier alpha value is -0.740. The molecule has 1 aliphatic heterocycles. The van der Waals surface area contributed by atoms with Crippen molar-refractivity contribution in [3.8, 4) is 5.88 Å². The summed E-state index contributed by atoms with van der Waals surface area (Å²) in [6.45, 7) is 5.32. The monoisotopic (exact) mass is 379 g/mol. The van der Waals surface area contributed by atoms with Crippen molar-refractivity contribution in [3.63, 3.8) is 0 Å². The van der Waals surface area contributed by atoms with Crippen molar-refractivity contribution in [1.29, 1.82) is 0 Å². The molecule has 2 rings (SSSR count). The summed E-state index contributed by atoms with van der Waals surface area (Å²) in [5.41, 5.74) is 0. The minimum Gasteiger partial charge on any atom is -0.475 e. The summed E-state index contributed by atoms with van der Waals surface area (Å²) < 4.78 is 34.7. The maximum atomic E-state index is 11.6. The van der Waals surface area contributed by atoms with Gasteiger partial charge in [0, 0.05) is 17.2 Å². The van der Waals surface area contributed by atoms with Gasteiger partial charge < -0.3 is 9.47 Å². The van der Waals surface area contributed by atoms with E-state index >= 15 is 0 Å². The summed E-state index contributed by atoms with van der Waals surface area (Å²) in [6.07, 6.45) is 1.47. The first kappa shape index (κ1) is 16.6. The Kier molecular flexibility index (Phi) is 5.55. The number of ether oxygens (including phenoxy) is 2. The van der Waals surface area contributed by atoms with E-state index in [0.717, 1.165) is 13.1 Å². The lowest BCUT2D eigenvalue weighted by Crippen LogP contribution is -2.48. The molecule has 21 heavy (non-hydrogen) atoms. The number of hydrogen-bond acceptors (Lipinski definition) is 6. The highest BCUT2D eigenvalue weighted by Gasteiger charge is 2.24. The van der Waals surface area contributed by atoms with Crippen LogP contribution in [0.1, 0.15) is 6.92 Å². The van der Waals surface area contributed by atoms with Crippen LogP contribution in [0.15, 0.2) is 21.6 Å². The second-order valence-corrected chi connectivity index (χ2v) is 7.12. The fraction of sp³-hybridized carbons (Fsp3) is 0.583. The van der Waals surface area contributed by atoms with E-state index in [1.54, 1.807) is 0 Å². The van der Waals surface area contributed by atoms with Crippen molar-refractivity contribution < 1.29 is 17.9 Å². The number of hydrogen-bond donors (Lipinski definition) is 1. The molecule has 1 unspecified atom stereocenters. The number of sulfonamides is 1. The van der Waals surface area contributed by atoms with Crippen LogP contribution in [-0.4, -0.2) is 57.3 Å². The number of nitrogens with two attached hydrogens (primary N) is 1. The third kappa shape index (κ3) is 4.36. The Bertz CT molecular complexity index is 596. The van der Waals surface area contributed by atoms with Crippen LogP contribution in [0.2, 0.25) is 0 Å². The summed E-state index contributed by atoms with van der Waals surface area (Å²) in [6, 6.07) is 1.45. The lowest BCUT2D eigenvalue weighted by atomic mass is 10.2. The number of primary sulfonamides is 1. The highest BCUT2D eigenvalue weighted by atomic mass is 79.9. The molecular weight excluding hydrogens is 362 g/mol. The molecule has 2 N–H and O–H groups in total. The molecule has 1 atom stereocenters. The first-order chi connectivity index (χ1) is 9.91. The third-order valence-electron chi connectivity index (χ3n) is 3.26. The topological polar surface area (TPSA) is 94.8 Å². The van der Waals surface area contributed by atoms with E-state index in [2.05, 4.69) is 32.7 Å². The number of pyridine rings is 1. The van der Waals surface area contributed by atoms with E-state index in [1.807, 2.05) is 0 Å². The molecule has 0 aromatic carbocycles. The maximum absolute atomic E-state index is 11.6. The Morgan fingerprint density at radius 1 is 1.62 bits per heavy atom. The molecule has 118 valence electrons. The summed E-state index contributed by atoms with van der Waals surface area (Å²) >= 11 is 3.17. The smallest absolute Gasteiger partial charge is 0.243 e. The molecule has 1 fully saturated rings. The van der Waals surface area contributed by atoms with Crippen LogP contribution < -0.4 is 9.88 Å². The Balaban J connectivity index is 2.13. The predicted octanol–water partition coefficient (Wildman–Crippen LogP) is 0.591. The van der Waals surface area contributed by atoms with E-state index in [0.29, 0.717) is 24.3 Å². The molecule has 1 aromatic heterocycles. The first-order valence-corrected chi connectivity index (χ1v) is 8.88. The van der Waals surface area contributed by atoms with Gasteiger partial charge in [-0.15, -0.1) is 0 Å². The quantitative estimate of drug-likeness (QED) is 0.804. The zero-order valence-corrected chi connectivity index (χ0v) is 14.1. The summed E-state index contributed by atoms with van der Waals surface area (Å²) in [4.78, 5) is 6.09. The van der Waals surface area contributed by atoms with Crippen LogP contribution in [0, 0.1) is 0 Å². The molecule has 0 bridgehead atoms. The van der Waals surface area contributed by atoms with Gasteiger partial charge >= 0.3 is 0 Å². The second kappa shape index (κ2) is 7.01. The third-order valence-corrected chi connectivity index (χ3v) is 4.60. The molecular formula is C12H18BrN3O4S. The number of halogens is 1. The lowest BCUT2D eigenvalue weighted by Gasteiger charge is -2.34. The molecule has 0 spiro atoms. The lowest BCUT2D eigenvalue weighted by molar-refractivity contribution is -0.0218. The molecule has 0 saturated carbocycles. The van der Waals surface area contributed by atoms with Crippen LogP contribution in [-0.2, 0) is 14.8 Å². The number of rotatable bonds is 5. The van der Waals surface area contributed by atoms with Crippen molar-refractivity contribution in [2.75, 3.05) is 32.9 Å². The zero-order valence-electron chi connectivity index (χ0n) is 11.7. The summed E-state index contributed by atoms with van der Waals surface area (Å²) in [5.74, 6) is 0.0160. The van der Waals surface area contributed by atoms with Gasteiger partial charge in [-0.05, 0) is 28.5 Å². The first-order valence-electron chi connectivity index (χ1n) is 6.54. The van der Waals surface area contributed by atoms with Crippen molar-refractivity contribution in [3.05, 3.63) is 16.7 Å². The van der Waals surface area contributed by atoms with Crippen LogP contribution in [0.25, 0.3) is 0 Å². The number of morpholine rings is 1. The average Bonchev–Trinajstić information content (AvgIpc) is 2.45. The van der Waals surface area contributed by atoms with Gasteiger partial charge in [0.2, 0.25) is 15.9 Å². The maximum Gasteiger partial charge on any atom is 0.243 e. The van der Waals surface area contributed by atoms with Gasteiger partial charge in [-0.2, -0.15) is 0 Å². The number of nitrogens with zero attached hydrogens (tertiary/aromatic N) is 2. The van der Waals surface area contributed by atoms with Gasteiger partial charge in [-0.1, -0.05) is 6.92 Å². The van der Waals surface area contributed by atoms with E-state index < -0.39 is 10.0 Å². The standard InChI is InChI=1S/C12H18BrN3O4S/c1-2-16-3-4-19-7-10(16)8-20-12-11(21(14,17)18)5-9(13)6-15-12/h5-6,10H,2-4,7-8H2,1H3,(H2,14,17,18). The van der Waals surface area contributed by atoms with Crippen LogP contribution in [0.3, 0.4) is 0 Å². The molecule has 2 heterocycles. The molecule has 7 nitrogen and oxygen atoms in total. The van der Waals surface area contributed by atoms with Crippen LogP contribution in [0.5, 0.6) is 5.88 Å². The van der Waals surface area contributed by atoms with Crippen LogP contribution in [0.4, 0.5) is 0 Å². The van der Waals surface area contributed by atoms with Gasteiger partial charge in [0.05, 0.1) is 19.3 Å². The van der Waals surface area contributed by atoms with Crippen molar-refractivity contribution in [2.24, 2.45) is 5.14 Å². The van der Waals surface area contributed by atoms with Gasteiger partial charge in [0.15, 0.2) is 0 Å². The highest BCUT2D eigenvalue weighted by Crippen LogP contribution is 2.24. The van der Waals surface area contributed by atoms with Gasteiger partial charge in [-0.25, -0.2) is 18.5 Å². The minimum atomic E-state index is -3.89. The predicted molar refractivity (Wildman–Crippen MR) is 80.7 cm³/mol. The van der Waals surface area contributed by atoms with Gasteiger partial charge in [0.25, 0.3) is 0 Å². The van der Waals surface area contributed by atoms with Gasteiger partial charge in [0.1, 0.15) is 11.5 Å². The molecule has 1 aromatic rings. The zero-order chi connectivity index (χ0) is 15.5. The largest absolute Gasteiger partial charge is 0.475 e. The SMILES string of the molecule is CCN1CCOCC1COc1ncc(Br)cc1S(N)(=O)=O. The Morgan fingerprint density at radius 2 is 2.38 bits per heavy atom. The fourth-order valence-electron chi connectivity index (χ4n) is 2.15. The fourth-order valence-corrected chi connectivity index (χ4v) is 3.28. The van der Waals surface area contributed by atoms with E-state index in [4.69, 9.17) is 14.6 Å². The van der Waals surface area contributed by atoms with Crippen LogP contribution >= 0.6 is 15.9 Å². The van der Waals surface area contributed by atoms with E-state index in [9.17, 15) is 8.42 Å². The van der Waals surface area contributed by atoms with E-state index in [-0.39, 0.29) is 16.8 Å². The number of aromatic nitrogens is 1. The van der Waals surface area contributed by atoms with E-state index in [1.165, 1.54) is 12.3 Å². The second-order valence-electron chi connectivity index (χ2n) is 4.67. The summed E-state index contributed by atoms with van der Waals surface area (Å²) in [7, 11) is -3.89. The molecule has 1 saturated heterocycles. The molecule has 1 aliphatic rings. The molecule has 0 amide bonds. The summed E-state index contributed by atoms with van der Waals surface area (Å²) in [5, 5.41) is 5.18. The Morgan fingerprint density at radius 3 is 3.05 bits per heavy atom. The molecule has 0 radical (unpaired) electrons. The van der Waals surface area contributed by atoms with Crippen molar-refractivity contribution in [1.82, 2.24) is 9.88 Å².